The zero-order chi connectivity index (χ0) is 16.1. The number of hydrogen-bond acceptors (Lipinski definition) is 5. The molecule has 0 spiro atoms. The summed E-state index contributed by atoms with van der Waals surface area (Å²) in [5.74, 6) is -1.01. The van der Waals surface area contributed by atoms with Crippen molar-refractivity contribution < 1.29 is 23.8 Å². The normalized spacial score (nSPS) is 10.2. The lowest BCUT2D eigenvalue weighted by atomic mass is 10.2. The number of aliphatic carboxylic acids is 1. The quantitative estimate of drug-likeness (QED) is 0.323. The van der Waals surface area contributed by atoms with Crippen molar-refractivity contribution in [1.82, 2.24) is 0 Å². The van der Waals surface area contributed by atoms with Crippen molar-refractivity contribution in [3.63, 3.8) is 0 Å². The summed E-state index contributed by atoms with van der Waals surface area (Å²) in [5.41, 5.74) is 5.85. The van der Waals surface area contributed by atoms with E-state index in [0.717, 1.165) is 0 Å². The fraction of sp³-hybridized carbons (Fsp3) is 0.133. The van der Waals surface area contributed by atoms with Gasteiger partial charge in [0.1, 0.15) is 17.3 Å². The maximum Gasteiger partial charge on any atom is 0.379 e. The second-order valence-electron chi connectivity index (χ2n) is 4.49. The van der Waals surface area contributed by atoms with Crippen LogP contribution in [0.3, 0.4) is 0 Å². The first kappa shape index (κ1) is 15.3. The van der Waals surface area contributed by atoms with Crippen LogP contribution in [0.5, 0.6) is 5.75 Å². The Labute approximate surface area is 125 Å². The van der Waals surface area contributed by atoms with Crippen LogP contribution in [0.4, 0.5) is 0 Å². The number of carboxylic acid groups (broad SMARTS) is 1. The van der Waals surface area contributed by atoms with E-state index >= 15 is 0 Å². The van der Waals surface area contributed by atoms with Gasteiger partial charge in [-0.25, -0.2) is 4.79 Å². The number of rotatable bonds is 6. The monoisotopic (exact) mass is 302 g/mol. The van der Waals surface area contributed by atoms with Crippen LogP contribution < -0.4 is 10.5 Å². The van der Waals surface area contributed by atoms with Crippen LogP contribution in [0.15, 0.2) is 40.8 Å². The number of amidine groups is 1. The van der Waals surface area contributed by atoms with E-state index in [2.05, 4.69) is 0 Å². The standard InChI is InChI=1S/C15H14N2O5/c16-14(17)9-1-3-11(4-2-9)22-15(20)12-7-5-10(21-12)6-8-13(18)19/h1-5,7H,6,8H2,(H3,16,17)(H,18,19). The highest BCUT2D eigenvalue weighted by molar-refractivity contribution is 5.95. The van der Waals surface area contributed by atoms with Gasteiger partial charge in [0.25, 0.3) is 0 Å². The van der Waals surface area contributed by atoms with E-state index in [-0.39, 0.29) is 24.4 Å². The number of ether oxygens (including phenoxy) is 1. The summed E-state index contributed by atoms with van der Waals surface area (Å²) in [7, 11) is 0. The summed E-state index contributed by atoms with van der Waals surface area (Å²) in [6, 6.07) is 9.13. The molecule has 0 amide bonds. The molecule has 0 aliphatic heterocycles. The van der Waals surface area contributed by atoms with Crippen LogP contribution in [0.25, 0.3) is 0 Å². The molecule has 0 bridgehead atoms. The minimum Gasteiger partial charge on any atom is -0.481 e. The first-order chi connectivity index (χ1) is 10.5. The van der Waals surface area contributed by atoms with Crippen LogP contribution in [0.2, 0.25) is 0 Å². The fourth-order valence-corrected chi connectivity index (χ4v) is 1.71. The van der Waals surface area contributed by atoms with Gasteiger partial charge >= 0.3 is 11.9 Å². The minimum atomic E-state index is -0.939. The fourth-order valence-electron chi connectivity index (χ4n) is 1.71. The van der Waals surface area contributed by atoms with Crippen molar-refractivity contribution in [2.75, 3.05) is 0 Å². The molecule has 0 unspecified atom stereocenters. The summed E-state index contributed by atoms with van der Waals surface area (Å²) < 4.78 is 10.4. The average Bonchev–Trinajstić information content (AvgIpc) is 2.94. The van der Waals surface area contributed by atoms with E-state index < -0.39 is 11.9 Å². The Bertz CT molecular complexity index is 703. The SMILES string of the molecule is N=C(N)c1ccc(OC(=O)c2ccc(CCC(=O)O)o2)cc1. The molecule has 114 valence electrons. The van der Waals surface area contributed by atoms with Gasteiger partial charge in [0.05, 0.1) is 6.42 Å². The molecule has 2 rings (SSSR count). The molecule has 0 saturated carbocycles. The Morgan fingerprint density at radius 3 is 2.45 bits per heavy atom. The molecule has 0 aliphatic carbocycles. The van der Waals surface area contributed by atoms with Crippen molar-refractivity contribution in [3.05, 3.63) is 53.5 Å². The summed E-state index contributed by atoms with van der Waals surface area (Å²) in [5, 5.41) is 15.9. The van der Waals surface area contributed by atoms with Gasteiger partial charge < -0.3 is 20.0 Å². The van der Waals surface area contributed by atoms with Gasteiger partial charge in [0, 0.05) is 12.0 Å². The van der Waals surface area contributed by atoms with E-state index in [1.54, 1.807) is 18.2 Å². The number of carboxylic acids is 1. The van der Waals surface area contributed by atoms with E-state index in [9.17, 15) is 9.59 Å². The largest absolute Gasteiger partial charge is 0.481 e. The lowest BCUT2D eigenvalue weighted by Crippen LogP contribution is -2.11. The first-order valence-corrected chi connectivity index (χ1v) is 6.43. The third-order valence-electron chi connectivity index (χ3n) is 2.82. The van der Waals surface area contributed by atoms with Crippen LogP contribution in [-0.2, 0) is 11.2 Å². The third-order valence-corrected chi connectivity index (χ3v) is 2.82. The summed E-state index contributed by atoms with van der Waals surface area (Å²) in [6.07, 6.45) is 0.129. The van der Waals surface area contributed by atoms with Crippen molar-refractivity contribution in [3.8, 4) is 5.75 Å². The highest BCUT2D eigenvalue weighted by Crippen LogP contribution is 2.16. The molecule has 0 radical (unpaired) electrons. The molecule has 1 aromatic heterocycles. The molecular weight excluding hydrogens is 288 g/mol. The van der Waals surface area contributed by atoms with Crippen molar-refractivity contribution in [2.45, 2.75) is 12.8 Å². The Kier molecular flexibility index (Phi) is 4.57. The maximum absolute atomic E-state index is 11.9. The number of aryl methyl sites for hydroxylation is 1. The zero-order valence-corrected chi connectivity index (χ0v) is 11.5. The summed E-state index contributed by atoms with van der Waals surface area (Å²) in [6.45, 7) is 0. The molecule has 0 fully saturated rings. The molecule has 1 aromatic carbocycles. The number of carbonyl (C=O) groups excluding carboxylic acids is 1. The molecule has 7 nitrogen and oxygen atoms in total. The number of hydrogen-bond donors (Lipinski definition) is 3. The molecular formula is C15H14N2O5. The molecule has 1 heterocycles. The van der Waals surface area contributed by atoms with Crippen LogP contribution in [0, 0.1) is 5.41 Å². The smallest absolute Gasteiger partial charge is 0.379 e. The van der Waals surface area contributed by atoms with Gasteiger partial charge in [-0.1, -0.05) is 0 Å². The first-order valence-electron chi connectivity index (χ1n) is 6.43. The molecule has 0 saturated heterocycles. The maximum atomic E-state index is 11.9. The van der Waals surface area contributed by atoms with E-state index in [1.165, 1.54) is 18.2 Å². The number of nitrogens with one attached hydrogen (secondary N) is 1. The second-order valence-corrected chi connectivity index (χ2v) is 4.49. The predicted molar refractivity (Wildman–Crippen MR) is 77.1 cm³/mol. The van der Waals surface area contributed by atoms with Gasteiger partial charge in [-0.05, 0) is 36.4 Å². The lowest BCUT2D eigenvalue weighted by Gasteiger charge is -2.03. The van der Waals surface area contributed by atoms with Crippen molar-refractivity contribution in [2.24, 2.45) is 5.73 Å². The Morgan fingerprint density at radius 1 is 1.18 bits per heavy atom. The topological polar surface area (TPSA) is 127 Å². The Morgan fingerprint density at radius 2 is 1.86 bits per heavy atom. The van der Waals surface area contributed by atoms with Gasteiger partial charge in [-0.2, -0.15) is 0 Å². The van der Waals surface area contributed by atoms with E-state index in [0.29, 0.717) is 17.1 Å². The minimum absolute atomic E-state index is 0.00367. The molecule has 0 atom stereocenters. The number of esters is 1. The molecule has 7 heteroatoms. The summed E-state index contributed by atoms with van der Waals surface area (Å²) in [4.78, 5) is 22.4. The third kappa shape index (κ3) is 3.95. The number of benzene rings is 1. The Hall–Kier alpha value is -3.09. The number of carbonyl (C=O) groups is 2. The van der Waals surface area contributed by atoms with Gasteiger partial charge in [-0.15, -0.1) is 0 Å². The molecule has 4 N–H and O–H groups in total. The summed E-state index contributed by atoms with van der Waals surface area (Å²) >= 11 is 0. The molecule has 22 heavy (non-hydrogen) atoms. The highest BCUT2D eigenvalue weighted by Gasteiger charge is 2.14. The van der Waals surface area contributed by atoms with Crippen LogP contribution in [-0.4, -0.2) is 22.9 Å². The van der Waals surface area contributed by atoms with Crippen LogP contribution in [0.1, 0.15) is 28.3 Å². The van der Waals surface area contributed by atoms with Gasteiger partial charge in [0.15, 0.2) is 0 Å². The lowest BCUT2D eigenvalue weighted by molar-refractivity contribution is -0.137. The molecule has 0 aliphatic rings. The number of nitrogens with two attached hydrogens (primary N) is 1. The second kappa shape index (κ2) is 6.57. The van der Waals surface area contributed by atoms with E-state index in [4.69, 9.17) is 25.4 Å². The zero-order valence-electron chi connectivity index (χ0n) is 11.5. The van der Waals surface area contributed by atoms with Crippen molar-refractivity contribution >= 4 is 17.8 Å². The highest BCUT2D eigenvalue weighted by atomic mass is 16.5. The number of furan rings is 1. The predicted octanol–water partition coefficient (Wildman–Crippen LogP) is 1.80. The van der Waals surface area contributed by atoms with Crippen molar-refractivity contribution in [1.29, 1.82) is 5.41 Å². The molecule has 2 aromatic rings. The van der Waals surface area contributed by atoms with Crippen LogP contribution >= 0.6 is 0 Å². The van der Waals surface area contributed by atoms with E-state index in [1.807, 2.05) is 0 Å². The average molecular weight is 302 g/mol. The number of nitrogen functional groups attached to an aromatic ring is 1. The van der Waals surface area contributed by atoms with Gasteiger partial charge in [0.2, 0.25) is 5.76 Å². The van der Waals surface area contributed by atoms with Gasteiger partial charge in [-0.3, -0.25) is 10.2 Å². The Balaban J connectivity index is 1.99.